The molecule has 0 saturated carbocycles. The summed E-state index contributed by atoms with van der Waals surface area (Å²) in [5, 5.41) is 3.45. The summed E-state index contributed by atoms with van der Waals surface area (Å²) < 4.78 is 33.7. The highest BCUT2D eigenvalue weighted by molar-refractivity contribution is 7.90. The molecule has 0 saturated heterocycles. The lowest BCUT2D eigenvalue weighted by atomic mass is 10.2. The van der Waals surface area contributed by atoms with Gasteiger partial charge in [-0.1, -0.05) is 36.4 Å². The molecule has 0 fully saturated rings. The van der Waals surface area contributed by atoms with Gasteiger partial charge in [-0.2, -0.15) is 8.42 Å². The summed E-state index contributed by atoms with van der Waals surface area (Å²) in [6, 6.07) is 15.0. The number of nitrogens with one attached hydrogen (secondary N) is 1. The lowest BCUT2D eigenvalue weighted by molar-refractivity contribution is 0.168. The van der Waals surface area contributed by atoms with Crippen LogP contribution in [-0.4, -0.2) is 21.1 Å². The molecule has 0 aromatic heterocycles. The summed E-state index contributed by atoms with van der Waals surface area (Å²) in [6.45, 7) is 1.92. The number of anilines is 1. The van der Waals surface area contributed by atoms with Crippen molar-refractivity contribution in [3.05, 3.63) is 65.6 Å². The van der Waals surface area contributed by atoms with E-state index < -0.39 is 16.2 Å². The first-order chi connectivity index (χ1) is 11.5. The lowest BCUT2D eigenvalue weighted by Gasteiger charge is -2.07. The molecule has 6 nitrogen and oxygen atoms in total. The predicted octanol–water partition coefficient (Wildman–Crippen LogP) is 3.63. The molecule has 0 atom stereocenters. The first-order valence-electron chi connectivity index (χ1n) is 7.20. The van der Waals surface area contributed by atoms with Crippen LogP contribution in [0.2, 0.25) is 0 Å². The smallest absolute Gasteiger partial charge is 0.411 e. The summed E-state index contributed by atoms with van der Waals surface area (Å²) >= 11 is 0. The van der Waals surface area contributed by atoms with Crippen LogP contribution >= 0.6 is 0 Å². The minimum atomic E-state index is -3.91. The minimum absolute atomic E-state index is 0.0852. The van der Waals surface area contributed by atoms with Crippen molar-refractivity contribution in [1.29, 1.82) is 0 Å². The van der Waals surface area contributed by atoms with Gasteiger partial charge in [0, 0.05) is 11.8 Å². The zero-order valence-corrected chi connectivity index (χ0v) is 13.8. The third-order valence-corrected chi connectivity index (χ3v) is 3.69. The van der Waals surface area contributed by atoms with Crippen molar-refractivity contribution in [3.8, 4) is 5.75 Å². The first-order valence-corrected chi connectivity index (χ1v) is 8.67. The van der Waals surface area contributed by atoms with Crippen molar-refractivity contribution in [2.24, 2.45) is 0 Å². The van der Waals surface area contributed by atoms with E-state index in [4.69, 9.17) is 8.92 Å². The van der Waals surface area contributed by atoms with E-state index in [2.05, 4.69) is 5.32 Å². The van der Waals surface area contributed by atoms with Crippen molar-refractivity contribution >= 4 is 28.0 Å². The van der Waals surface area contributed by atoms with Crippen LogP contribution in [0.5, 0.6) is 5.75 Å². The molecule has 0 spiro atoms. The summed E-state index contributed by atoms with van der Waals surface area (Å²) in [4.78, 5) is 11.4. The number of hydrogen-bond acceptors (Lipinski definition) is 5. The SMILES string of the molecule is CCOC(=O)Nc1cccc(OS(=O)(=O)/C=C/c2ccccc2)c1. The zero-order valence-electron chi connectivity index (χ0n) is 13.0. The summed E-state index contributed by atoms with van der Waals surface area (Å²) in [6.07, 6.45) is 0.817. The normalized spacial score (nSPS) is 11.2. The molecule has 2 aromatic rings. The Bertz CT molecular complexity index is 816. The second-order valence-corrected chi connectivity index (χ2v) is 6.09. The first kappa shape index (κ1) is 17.6. The monoisotopic (exact) mass is 347 g/mol. The minimum Gasteiger partial charge on any atom is -0.450 e. The van der Waals surface area contributed by atoms with Crippen LogP contribution in [0.15, 0.2) is 60.0 Å². The van der Waals surface area contributed by atoms with E-state index >= 15 is 0 Å². The van der Waals surface area contributed by atoms with Crippen LogP contribution in [0.4, 0.5) is 10.5 Å². The molecular weight excluding hydrogens is 330 g/mol. The van der Waals surface area contributed by atoms with Crippen LogP contribution in [0, 0.1) is 0 Å². The number of ether oxygens (including phenoxy) is 1. The Labute approximate surface area is 140 Å². The zero-order chi connectivity index (χ0) is 17.4. The topological polar surface area (TPSA) is 81.7 Å². The molecule has 2 aromatic carbocycles. The van der Waals surface area contributed by atoms with Gasteiger partial charge in [0.15, 0.2) is 0 Å². The summed E-state index contributed by atoms with van der Waals surface area (Å²) in [7, 11) is -3.91. The molecule has 0 heterocycles. The molecule has 0 unspecified atom stereocenters. The number of rotatable bonds is 6. The van der Waals surface area contributed by atoms with Gasteiger partial charge in [0.05, 0.1) is 12.0 Å². The van der Waals surface area contributed by atoms with Gasteiger partial charge in [-0.15, -0.1) is 0 Å². The molecular formula is C17H17NO5S. The van der Waals surface area contributed by atoms with Crippen LogP contribution in [0.3, 0.4) is 0 Å². The molecule has 126 valence electrons. The van der Waals surface area contributed by atoms with E-state index in [1.807, 2.05) is 6.07 Å². The maximum atomic E-state index is 12.0. The number of benzene rings is 2. The van der Waals surface area contributed by atoms with Crippen molar-refractivity contribution < 1.29 is 22.1 Å². The molecule has 0 radical (unpaired) electrons. The molecule has 0 bridgehead atoms. The third kappa shape index (κ3) is 5.77. The van der Waals surface area contributed by atoms with Crippen LogP contribution in [0.25, 0.3) is 6.08 Å². The highest BCUT2D eigenvalue weighted by Gasteiger charge is 2.10. The van der Waals surface area contributed by atoms with E-state index in [1.165, 1.54) is 18.2 Å². The Kier molecular flexibility index (Phi) is 5.97. The fourth-order valence-electron chi connectivity index (χ4n) is 1.80. The number of carbonyl (C=O) groups excluding carboxylic acids is 1. The number of carbonyl (C=O) groups is 1. The van der Waals surface area contributed by atoms with Crippen LogP contribution in [0.1, 0.15) is 12.5 Å². The molecule has 24 heavy (non-hydrogen) atoms. The maximum absolute atomic E-state index is 12.0. The average molecular weight is 347 g/mol. The van der Waals surface area contributed by atoms with Crippen molar-refractivity contribution in [2.75, 3.05) is 11.9 Å². The molecule has 0 aliphatic carbocycles. The fourth-order valence-corrected chi connectivity index (χ4v) is 2.55. The van der Waals surface area contributed by atoms with E-state index in [0.717, 1.165) is 11.0 Å². The van der Waals surface area contributed by atoms with Gasteiger partial charge in [0.1, 0.15) is 5.75 Å². The van der Waals surface area contributed by atoms with Crippen LogP contribution < -0.4 is 9.50 Å². The van der Waals surface area contributed by atoms with Crippen molar-refractivity contribution in [1.82, 2.24) is 0 Å². The second-order valence-electron chi connectivity index (χ2n) is 4.66. The molecule has 0 aliphatic heterocycles. The highest BCUT2D eigenvalue weighted by atomic mass is 32.2. The Morgan fingerprint density at radius 3 is 2.58 bits per heavy atom. The van der Waals surface area contributed by atoms with Gasteiger partial charge in [0.2, 0.25) is 0 Å². The van der Waals surface area contributed by atoms with Gasteiger partial charge >= 0.3 is 16.2 Å². The van der Waals surface area contributed by atoms with Crippen molar-refractivity contribution in [2.45, 2.75) is 6.92 Å². The van der Waals surface area contributed by atoms with E-state index in [1.54, 1.807) is 43.3 Å². The maximum Gasteiger partial charge on any atom is 0.411 e. The van der Waals surface area contributed by atoms with Gasteiger partial charge in [-0.05, 0) is 30.7 Å². The van der Waals surface area contributed by atoms with E-state index in [-0.39, 0.29) is 12.4 Å². The number of amides is 1. The van der Waals surface area contributed by atoms with Gasteiger partial charge in [-0.25, -0.2) is 4.79 Å². The van der Waals surface area contributed by atoms with Gasteiger partial charge in [0.25, 0.3) is 0 Å². The Balaban J connectivity index is 2.06. The highest BCUT2D eigenvalue weighted by Crippen LogP contribution is 2.20. The Morgan fingerprint density at radius 2 is 1.88 bits per heavy atom. The van der Waals surface area contributed by atoms with Gasteiger partial charge < -0.3 is 8.92 Å². The standard InChI is InChI=1S/C17H17NO5S/c1-2-22-17(19)18-15-9-6-10-16(13-15)23-24(20,21)12-11-14-7-4-3-5-8-14/h3-13H,2H2,1H3,(H,18,19)/b12-11+. The molecule has 0 aliphatic rings. The largest absolute Gasteiger partial charge is 0.450 e. The third-order valence-electron chi connectivity index (χ3n) is 2.79. The summed E-state index contributed by atoms with van der Waals surface area (Å²) in [5.41, 5.74) is 1.11. The van der Waals surface area contributed by atoms with Crippen LogP contribution in [-0.2, 0) is 14.9 Å². The summed E-state index contributed by atoms with van der Waals surface area (Å²) in [5.74, 6) is 0.0852. The Morgan fingerprint density at radius 1 is 1.12 bits per heavy atom. The van der Waals surface area contributed by atoms with Gasteiger partial charge in [-0.3, -0.25) is 5.32 Å². The Hall–Kier alpha value is -2.80. The predicted molar refractivity (Wildman–Crippen MR) is 92.1 cm³/mol. The molecule has 1 amide bonds. The van der Waals surface area contributed by atoms with E-state index in [9.17, 15) is 13.2 Å². The lowest BCUT2D eigenvalue weighted by Crippen LogP contribution is -2.13. The second kappa shape index (κ2) is 8.16. The fraction of sp³-hybridized carbons (Fsp3) is 0.118. The van der Waals surface area contributed by atoms with E-state index in [0.29, 0.717) is 5.69 Å². The molecule has 7 heteroatoms. The number of hydrogen-bond donors (Lipinski definition) is 1. The quantitative estimate of drug-likeness (QED) is 0.807. The molecule has 1 N–H and O–H groups in total. The average Bonchev–Trinajstić information content (AvgIpc) is 2.54. The molecule has 2 rings (SSSR count). The van der Waals surface area contributed by atoms with Crippen molar-refractivity contribution in [3.63, 3.8) is 0 Å².